The van der Waals surface area contributed by atoms with E-state index in [2.05, 4.69) is 42.6 Å². The quantitative estimate of drug-likeness (QED) is 0.644. The molecule has 3 atom stereocenters. The van der Waals surface area contributed by atoms with Crippen molar-refractivity contribution >= 4 is 11.7 Å². The van der Waals surface area contributed by atoms with Gasteiger partial charge in [-0.15, -0.1) is 0 Å². The van der Waals surface area contributed by atoms with Gasteiger partial charge in [0.1, 0.15) is 0 Å². The van der Waals surface area contributed by atoms with Crippen LogP contribution in [0.2, 0.25) is 0 Å². The summed E-state index contributed by atoms with van der Waals surface area (Å²) in [6, 6.07) is 14.8. The van der Waals surface area contributed by atoms with Crippen molar-refractivity contribution in [2.24, 2.45) is 5.92 Å². The summed E-state index contributed by atoms with van der Waals surface area (Å²) in [4.78, 5) is 11.7. The minimum absolute atomic E-state index is 0.256. The van der Waals surface area contributed by atoms with E-state index in [1.54, 1.807) is 0 Å². The van der Waals surface area contributed by atoms with E-state index in [0.29, 0.717) is 17.4 Å². The Balaban J connectivity index is 1.68. The van der Waals surface area contributed by atoms with Gasteiger partial charge in [-0.3, -0.25) is 0 Å². The Bertz CT molecular complexity index is 822. The fourth-order valence-electron chi connectivity index (χ4n) is 4.14. The van der Waals surface area contributed by atoms with E-state index in [1.807, 2.05) is 24.3 Å². The molecule has 0 aromatic heterocycles. The molecule has 2 aliphatic rings. The van der Waals surface area contributed by atoms with Gasteiger partial charge in [-0.1, -0.05) is 43.3 Å². The molecule has 0 bridgehead atoms. The summed E-state index contributed by atoms with van der Waals surface area (Å²) < 4.78 is 4.79. The van der Waals surface area contributed by atoms with Gasteiger partial charge in [0.05, 0.1) is 18.7 Å². The highest BCUT2D eigenvalue weighted by Gasteiger charge is 2.37. The molecule has 4 rings (SSSR count). The lowest BCUT2D eigenvalue weighted by molar-refractivity contribution is 0.0600. The topological polar surface area (TPSA) is 38.3 Å². The van der Waals surface area contributed by atoms with Crippen molar-refractivity contribution < 1.29 is 9.53 Å². The molecule has 3 nitrogen and oxygen atoms in total. The molecule has 0 spiro atoms. The maximum absolute atomic E-state index is 11.7. The van der Waals surface area contributed by atoms with Gasteiger partial charge in [0.15, 0.2) is 0 Å². The number of methoxy groups -OCH3 is 1. The van der Waals surface area contributed by atoms with Crippen LogP contribution in [0.5, 0.6) is 0 Å². The van der Waals surface area contributed by atoms with E-state index in [0.717, 1.165) is 12.8 Å². The number of ether oxygens (including phenoxy) is 1. The Labute approximate surface area is 148 Å². The highest BCUT2D eigenvalue weighted by atomic mass is 16.5. The van der Waals surface area contributed by atoms with Crippen LogP contribution in [0.1, 0.15) is 52.4 Å². The summed E-state index contributed by atoms with van der Waals surface area (Å²) >= 11 is 0. The van der Waals surface area contributed by atoms with E-state index >= 15 is 0 Å². The Morgan fingerprint density at radius 1 is 1.20 bits per heavy atom. The van der Waals surface area contributed by atoms with E-state index in [1.165, 1.54) is 29.5 Å². The molecule has 0 fully saturated rings. The largest absolute Gasteiger partial charge is 0.465 e. The Hall–Kier alpha value is -2.55. The molecule has 3 unspecified atom stereocenters. The molecule has 1 heterocycles. The minimum Gasteiger partial charge on any atom is -0.465 e. The lowest BCUT2D eigenvalue weighted by Gasteiger charge is -2.37. The molecule has 1 aliphatic carbocycles. The zero-order valence-corrected chi connectivity index (χ0v) is 14.7. The van der Waals surface area contributed by atoms with Gasteiger partial charge in [0.2, 0.25) is 0 Å². The molecule has 0 saturated heterocycles. The van der Waals surface area contributed by atoms with Crippen molar-refractivity contribution in [1.82, 2.24) is 0 Å². The first kappa shape index (κ1) is 15.9. The van der Waals surface area contributed by atoms with Crippen molar-refractivity contribution in [3.63, 3.8) is 0 Å². The van der Waals surface area contributed by atoms with Crippen molar-refractivity contribution in [2.45, 2.75) is 31.7 Å². The van der Waals surface area contributed by atoms with E-state index in [-0.39, 0.29) is 12.0 Å². The molecular formula is C22H23NO2. The first-order valence-electron chi connectivity index (χ1n) is 8.95. The average molecular weight is 333 g/mol. The van der Waals surface area contributed by atoms with Crippen LogP contribution in [-0.4, -0.2) is 13.1 Å². The summed E-state index contributed by atoms with van der Waals surface area (Å²) in [5.41, 5.74) is 5.85. The number of esters is 1. The second-order valence-corrected chi connectivity index (χ2v) is 6.86. The zero-order chi connectivity index (χ0) is 17.4. The molecule has 1 aliphatic heterocycles. The van der Waals surface area contributed by atoms with Crippen LogP contribution < -0.4 is 5.32 Å². The fraction of sp³-hybridized carbons (Fsp3) is 0.318. The van der Waals surface area contributed by atoms with Crippen LogP contribution in [0.25, 0.3) is 0 Å². The van der Waals surface area contributed by atoms with Gasteiger partial charge >= 0.3 is 5.97 Å². The number of carbonyl (C=O) groups is 1. The van der Waals surface area contributed by atoms with Gasteiger partial charge in [0, 0.05) is 11.6 Å². The molecule has 0 saturated carbocycles. The highest BCUT2D eigenvalue weighted by molar-refractivity contribution is 5.89. The monoisotopic (exact) mass is 333 g/mol. The predicted molar refractivity (Wildman–Crippen MR) is 100.0 cm³/mol. The van der Waals surface area contributed by atoms with E-state index in [4.69, 9.17) is 4.74 Å². The predicted octanol–water partition coefficient (Wildman–Crippen LogP) is 4.86. The van der Waals surface area contributed by atoms with Crippen LogP contribution in [0.15, 0.2) is 54.6 Å². The van der Waals surface area contributed by atoms with Gasteiger partial charge < -0.3 is 10.1 Å². The van der Waals surface area contributed by atoms with Crippen LogP contribution in [0.4, 0.5) is 5.69 Å². The number of anilines is 1. The first-order chi connectivity index (χ1) is 12.2. The average Bonchev–Trinajstić information content (AvgIpc) is 3.16. The maximum atomic E-state index is 11.7. The summed E-state index contributed by atoms with van der Waals surface area (Å²) in [7, 11) is 1.41. The molecule has 2 aromatic rings. The van der Waals surface area contributed by atoms with Gasteiger partial charge in [-0.25, -0.2) is 4.79 Å². The first-order valence-corrected chi connectivity index (χ1v) is 8.95. The van der Waals surface area contributed by atoms with Gasteiger partial charge in [-0.05, 0) is 53.6 Å². The third kappa shape index (κ3) is 2.74. The Morgan fingerprint density at radius 2 is 2.00 bits per heavy atom. The molecule has 0 amide bonds. The SMILES string of the molecule is CCc1ccc2c(c1)C1C=CCC1C(c1ccc(C(=O)OC)cc1)N2. The lowest BCUT2D eigenvalue weighted by Crippen LogP contribution is -2.29. The lowest BCUT2D eigenvalue weighted by atomic mass is 9.76. The highest BCUT2D eigenvalue weighted by Crippen LogP contribution is 2.49. The van der Waals surface area contributed by atoms with Gasteiger partial charge in [-0.2, -0.15) is 0 Å². The van der Waals surface area contributed by atoms with Crippen LogP contribution in [0, 0.1) is 5.92 Å². The maximum Gasteiger partial charge on any atom is 0.337 e. The molecule has 0 radical (unpaired) electrons. The fourth-order valence-corrected chi connectivity index (χ4v) is 4.14. The number of aryl methyl sites for hydroxylation is 1. The van der Waals surface area contributed by atoms with Crippen molar-refractivity contribution in [3.05, 3.63) is 76.9 Å². The third-order valence-corrected chi connectivity index (χ3v) is 5.53. The minimum atomic E-state index is -0.291. The molecule has 128 valence electrons. The number of nitrogens with one attached hydrogen (secondary N) is 1. The van der Waals surface area contributed by atoms with E-state index in [9.17, 15) is 4.79 Å². The second kappa shape index (κ2) is 6.40. The van der Waals surface area contributed by atoms with Crippen molar-refractivity contribution in [3.8, 4) is 0 Å². The van der Waals surface area contributed by atoms with Crippen molar-refractivity contribution in [2.75, 3.05) is 12.4 Å². The summed E-state index contributed by atoms with van der Waals surface area (Å²) in [5.74, 6) is 0.692. The molecule has 2 aromatic carbocycles. The molecule has 25 heavy (non-hydrogen) atoms. The molecule has 3 heteroatoms. The van der Waals surface area contributed by atoms with Gasteiger partial charge in [0.25, 0.3) is 0 Å². The second-order valence-electron chi connectivity index (χ2n) is 6.86. The number of carbonyl (C=O) groups excluding carboxylic acids is 1. The standard InChI is InChI=1S/C22H23NO2/c1-3-14-7-12-20-19(13-14)17-5-4-6-18(17)21(23-20)15-8-10-16(11-9-15)22(24)25-2/h4-5,7-13,17-18,21,23H,3,6H2,1-2H3. The number of hydrogen-bond donors (Lipinski definition) is 1. The smallest absolute Gasteiger partial charge is 0.337 e. The van der Waals surface area contributed by atoms with E-state index < -0.39 is 0 Å². The van der Waals surface area contributed by atoms with Crippen LogP contribution >= 0.6 is 0 Å². The number of rotatable bonds is 3. The molecule has 1 N–H and O–H groups in total. The normalized spacial score (nSPS) is 23.5. The number of allylic oxidation sites excluding steroid dienone is 2. The summed E-state index contributed by atoms with van der Waals surface area (Å²) in [5, 5.41) is 3.74. The summed E-state index contributed by atoms with van der Waals surface area (Å²) in [6.45, 7) is 2.20. The number of benzene rings is 2. The van der Waals surface area contributed by atoms with Crippen LogP contribution in [0.3, 0.4) is 0 Å². The van der Waals surface area contributed by atoms with Crippen molar-refractivity contribution in [1.29, 1.82) is 0 Å². The summed E-state index contributed by atoms with van der Waals surface area (Å²) in [6.07, 6.45) is 6.81. The Kier molecular flexibility index (Phi) is 4.08. The number of fused-ring (bicyclic) bond motifs is 3. The molecular weight excluding hydrogens is 310 g/mol. The number of hydrogen-bond acceptors (Lipinski definition) is 3. The third-order valence-electron chi connectivity index (χ3n) is 5.53. The Morgan fingerprint density at radius 3 is 2.72 bits per heavy atom. The van der Waals surface area contributed by atoms with Crippen LogP contribution in [-0.2, 0) is 11.2 Å². The zero-order valence-electron chi connectivity index (χ0n) is 14.7.